The van der Waals surface area contributed by atoms with E-state index in [0.717, 1.165) is 13.0 Å². The van der Waals surface area contributed by atoms with Crippen LogP contribution in [0.4, 0.5) is 0 Å². The zero-order chi connectivity index (χ0) is 11.5. The molecule has 0 aliphatic heterocycles. The maximum absolute atomic E-state index is 9.26. The first-order chi connectivity index (χ1) is 7.24. The van der Waals surface area contributed by atoms with Crippen LogP contribution in [0.2, 0.25) is 0 Å². The second-order valence-corrected chi connectivity index (χ2v) is 3.86. The van der Waals surface area contributed by atoms with Gasteiger partial charge in [0.2, 0.25) is 0 Å². The van der Waals surface area contributed by atoms with E-state index >= 15 is 0 Å². The normalized spacial score (nSPS) is 15.2. The van der Waals surface area contributed by atoms with Crippen molar-refractivity contribution in [3.63, 3.8) is 0 Å². The molecule has 0 bridgehead atoms. The third-order valence-corrected chi connectivity index (χ3v) is 2.52. The Hall–Kier alpha value is -0.120. The summed E-state index contributed by atoms with van der Waals surface area (Å²) in [6.45, 7) is 7.79. The average molecular weight is 218 g/mol. The average Bonchev–Trinajstić information content (AvgIpc) is 2.23. The van der Waals surface area contributed by atoms with Gasteiger partial charge in [-0.3, -0.25) is 0 Å². The third kappa shape index (κ3) is 8.85. The van der Waals surface area contributed by atoms with E-state index in [0.29, 0.717) is 12.5 Å². The lowest BCUT2D eigenvalue weighted by Crippen LogP contribution is -2.21. The number of aliphatic hydroxyl groups excluding tert-OH is 1. The molecular weight excluding hydrogens is 192 g/mol. The molecule has 0 heterocycles. The van der Waals surface area contributed by atoms with Crippen molar-refractivity contribution in [1.82, 2.24) is 0 Å². The second kappa shape index (κ2) is 10.4. The molecule has 0 saturated carbocycles. The highest BCUT2D eigenvalue weighted by Gasteiger charge is 2.08. The Morgan fingerprint density at radius 3 is 2.40 bits per heavy atom. The summed E-state index contributed by atoms with van der Waals surface area (Å²) >= 11 is 0. The summed E-state index contributed by atoms with van der Waals surface area (Å²) in [6, 6.07) is 0. The van der Waals surface area contributed by atoms with Gasteiger partial charge in [0.1, 0.15) is 0 Å². The maximum atomic E-state index is 9.26. The standard InChI is InChI=1S/C12H26O3/c1-4-7-8-11(5-2)9-14-10-12(13)15-6-3/h11-13H,4-10H2,1-3H3. The Morgan fingerprint density at radius 2 is 1.87 bits per heavy atom. The monoisotopic (exact) mass is 218 g/mol. The molecule has 3 heteroatoms. The molecule has 3 nitrogen and oxygen atoms in total. The van der Waals surface area contributed by atoms with Crippen LogP contribution < -0.4 is 0 Å². The van der Waals surface area contributed by atoms with Crippen LogP contribution in [0.15, 0.2) is 0 Å². The molecule has 0 saturated heterocycles. The Bertz CT molecular complexity index is 128. The quantitative estimate of drug-likeness (QED) is 0.573. The topological polar surface area (TPSA) is 38.7 Å². The molecule has 15 heavy (non-hydrogen) atoms. The molecule has 2 unspecified atom stereocenters. The molecule has 0 spiro atoms. The van der Waals surface area contributed by atoms with Crippen molar-refractivity contribution in [3.05, 3.63) is 0 Å². The molecule has 0 aliphatic carbocycles. The zero-order valence-corrected chi connectivity index (χ0v) is 10.4. The fraction of sp³-hybridized carbons (Fsp3) is 1.00. The van der Waals surface area contributed by atoms with E-state index in [9.17, 15) is 5.11 Å². The van der Waals surface area contributed by atoms with E-state index in [2.05, 4.69) is 13.8 Å². The van der Waals surface area contributed by atoms with Gasteiger partial charge in [0.25, 0.3) is 0 Å². The van der Waals surface area contributed by atoms with Crippen LogP contribution in [0, 0.1) is 5.92 Å². The van der Waals surface area contributed by atoms with Gasteiger partial charge in [-0.1, -0.05) is 33.1 Å². The van der Waals surface area contributed by atoms with Gasteiger partial charge < -0.3 is 14.6 Å². The number of hydrogen-bond acceptors (Lipinski definition) is 3. The summed E-state index contributed by atoms with van der Waals surface area (Å²) in [5, 5.41) is 9.26. The lowest BCUT2D eigenvalue weighted by atomic mass is 10.0. The van der Waals surface area contributed by atoms with Crippen LogP contribution in [-0.4, -0.2) is 31.2 Å². The first-order valence-electron chi connectivity index (χ1n) is 6.11. The van der Waals surface area contributed by atoms with E-state index in [-0.39, 0.29) is 6.61 Å². The van der Waals surface area contributed by atoms with Crippen molar-refractivity contribution in [2.45, 2.75) is 52.7 Å². The summed E-state index contributed by atoms with van der Waals surface area (Å²) in [5.74, 6) is 0.624. The lowest BCUT2D eigenvalue weighted by molar-refractivity contribution is -0.137. The minimum atomic E-state index is -0.765. The molecular formula is C12H26O3. The van der Waals surface area contributed by atoms with Crippen LogP contribution in [0.25, 0.3) is 0 Å². The van der Waals surface area contributed by atoms with Gasteiger partial charge in [0.05, 0.1) is 6.61 Å². The fourth-order valence-corrected chi connectivity index (χ4v) is 1.47. The first kappa shape index (κ1) is 14.9. The number of aliphatic hydroxyl groups is 1. The summed E-state index contributed by atoms with van der Waals surface area (Å²) in [5.41, 5.74) is 0. The highest BCUT2D eigenvalue weighted by atomic mass is 16.6. The lowest BCUT2D eigenvalue weighted by Gasteiger charge is -2.16. The predicted octanol–water partition coefficient (Wildman–Crippen LogP) is 2.57. The van der Waals surface area contributed by atoms with Crippen LogP contribution in [0.3, 0.4) is 0 Å². The molecule has 1 N–H and O–H groups in total. The summed E-state index contributed by atoms with van der Waals surface area (Å²) in [7, 11) is 0. The van der Waals surface area contributed by atoms with E-state index in [1.165, 1.54) is 19.3 Å². The number of rotatable bonds is 10. The van der Waals surface area contributed by atoms with Gasteiger partial charge in [-0.05, 0) is 19.3 Å². The van der Waals surface area contributed by atoms with Crippen LogP contribution in [0.1, 0.15) is 46.5 Å². The van der Waals surface area contributed by atoms with Gasteiger partial charge in [-0.2, -0.15) is 0 Å². The van der Waals surface area contributed by atoms with Gasteiger partial charge >= 0.3 is 0 Å². The van der Waals surface area contributed by atoms with Gasteiger partial charge in [0, 0.05) is 13.2 Å². The van der Waals surface area contributed by atoms with Crippen molar-refractivity contribution in [2.24, 2.45) is 5.92 Å². The maximum Gasteiger partial charge on any atom is 0.178 e. The summed E-state index contributed by atoms with van der Waals surface area (Å²) in [4.78, 5) is 0. The van der Waals surface area contributed by atoms with E-state index in [1.807, 2.05) is 6.92 Å². The van der Waals surface area contributed by atoms with E-state index in [4.69, 9.17) is 9.47 Å². The van der Waals surface area contributed by atoms with Crippen LogP contribution >= 0.6 is 0 Å². The fourth-order valence-electron chi connectivity index (χ4n) is 1.47. The first-order valence-corrected chi connectivity index (χ1v) is 6.11. The minimum absolute atomic E-state index is 0.288. The summed E-state index contributed by atoms with van der Waals surface area (Å²) in [6.07, 6.45) is 4.09. The molecule has 0 rings (SSSR count). The third-order valence-electron chi connectivity index (χ3n) is 2.52. The summed E-state index contributed by atoms with van der Waals surface area (Å²) < 4.78 is 10.4. The largest absolute Gasteiger partial charge is 0.376 e. The Labute approximate surface area is 93.8 Å². The molecule has 0 aromatic rings. The van der Waals surface area contributed by atoms with Crippen molar-refractivity contribution in [3.8, 4) is 0 Å². The molecule has 2 atom stereocenters. The van der Waals surface area contributed by atoms with Crippen molar-refractivity contribution < 1.29 is 14.6 Å². The number of unbranched alkanes of at least 4 members (excludes halogenated alkanes) is 1. The molecule has 0 aromatic carbocycles. The zero-order valence-electron chi connectivity index (χ0n) is 10.4. The predicted molar refractivity (Wildman–Crippen MR) is 61.8 cm³/mol. The van der Waals surface area contributed by atoms with Gasteiger partial charge in [-0.15, -0.1) is 0 Å². The van der Waals surface area contributed by atoms with Gasteiger partial charge in [-0.25, -0.2) is 0 Å². The Kier molecular flexibility index (Phi) is 10.3. The molecule has 0 amide bonds. The van der Waals surface area contributed by atoms with Crippen LogP contribution in [-0.2, 0) is 9.47 Å². The second-order valence-electron chi connectivity index (χ2n) is 3.86. The van der Waals surface area contributed by atoms with Crippen LogP contribution in [0.5, 0.6) is 0 Å². The SMILES string of the molecule is CCCCC(CC)COCC(O)OCC. The molecule has 0 aliphatic rings. The Balaban J connectivity index is 3.44. The smallest absolute Gasteiger partial charge is 0.178 e. The van der Waals surface area contributed by atoms with E-state index < -0.39 is 6.29 Å². The Morgan fingerprint density at radius 1 is 1.13 bits per heavy atom. The number of hydrogen-bond donors (Lipinski definition) is 1. The number of ether oxygens (including phenoxy) is 2. The molecule has 0 fully saturated rings. The minimum Gasteiger partial charge on any atom is -0.376 e. The van der Waals surface area contributed by atoms with E-state index in [1.54, 1.807) is 0 Å². The molecule has 0 radical (unpaired) electrons. The highest BCUT2D eigenvalue weighted by molar-refractivity contribution is 4.56. The van der Waals surface area contributed by atoms with Gasteiger partial charge in [0.15, 0.2) is 6.29 Å². The van der Waals surface area contributed by atoms with Crippen molar-refractivity contribution >= 4 is 0 Å². The van der Waals surface area contributed by atoms with Crippen molar-refractivity contribution in [2.75, 3.05) is 19.8 Å². The molecule has 0 aromatic heterocycles. The molecule has 92 valence electrons. The highest BCUT2D eigenvalue weighted by Crippen LogP contribution is 2.12. The van der Waals surface area contributed by atoms with Crippen molar-refractivity contribution in [1.29, 1.82) is 0 Å².